The van der Waals surface area contributed by atoms with Crippen LogP contribution in [-0.4, -0.2) is 43.2 Å². The molecule has 5 rings (SSSR count). The molecular formula is C33H39N7O3. The Morgan fingerprint density at radius 2 is 1.77 bits per heavy atom. The van der Waals surface area contributed by atoms with E-state index < -0.39 is 6.09 Å². The number of benzene rings is 2. The molecule has 0 aliphatic carbocycles. The van der Waals surface area contributed by atoms with Crippen molar-refractivity contribution in [1.29, 1.82) is 0 Å². The number of anilines is 2. The lowest BCUT2D eigenvalue weighted by atomic mass is 9.87. The van der Waals surface area contributed by atoms with Crippen LogP contribution < -0.4 is 16.4 Å². The van der Waals surface area contributed by atoms with E-state index in [9.17, 15) is 9.59 Å². The summed E-state index contributed by atoms with van der Waals surface area (Å²) in [6.07, 6.45) is 4.72. The second-order valence-electron chi connectivity index (χ2n) is 12.9. The number of amides is 2. The summed E-state index contributed by atoms with van der Waals surface area (Å²) >= 11 is 0. The van der Waals surface area contributed by atoms with Gasteiger partial charge < -0.3 is 30.2 Å². The van der Waals surface area contributed by atoms with Gasteiger partial charge >= 0.3 is 6.09 Å². The molecule has 224 valence electrons. The topological polar surface area (TPSA) is 129 Å². The number of carbonyl (C=O) groups excluding carboxylic acids is 2. The van der Waals surface area contributed by atoms with Gasteiger partial charge in [-0.3, -0.25) is 4.79 Å². The molecule has 0 aliphatic rings. The largest absolute Gasteiger partial charge is 0.447 e. The van der Waals surface area contributed by atoms with Crippen molar-refractivity contribution >= 4 is 45.4 Å². The average molecular weight is 582 g/mol. The van der Waals surface area contributed by atoms with Crippen LogP contribution in [0, 0.1) is 5.41 Å². The highest BCUT2D eigenvalue weighted by atomic mass is 16.5. The summed E-state index contributed by atoms with van der Waals surface area (Å²) < 4.78 is 9.44. The zero-order valence-electron chi connectivity index (χ0n) is 25.5. The van der Waals surface area contributed by atoms with E-state index in [2.05, 4.69) is 70.3 Å². The van der Waals surface area contributed by atoms with Gasteiger partial charge in [0.25, 0.3) is 5.91 Å². The molecule has 0 saturated heterocycles. The van der Waals surface area contributed by atoms with Crippen LogP contribution in [0.1, 0.15) is 63.5 Å². The van der Waals surface area contributed by atoms with E-state index in [1.54, 1.807) is 0 Å². The number of hydrogen-bond donors (Lipinski definition) is 3. The number of ether oxygens (including phenoxy) is 1. The zero-order valence-corrected chi connectivity index (χ0v) is 25.5. The molecule has 43 heavy (non-hydrogen) atoms. The summed E-state index contributed by atoms with van der Waals surface area (Å²) in [4.78, 5) is 33.1. The van der Waals surface area contributed by atoms with Crippen molar-refractivity contribution < 1.29 is 14.3 Å². The molecule has 3 aromatic heterocycles. The Labute approximate surface area is 251 Å². The fourth-order valence-electron chi connectivity index (χ4n) is 5.23. The number of primary amides is 1. The van der Waals surface area contributed by atoms with Crippen LogP contribution in [0.4, 0.5) is 16.3 Å². The summed E-state index contributed by atoms with van der Waals surface area (Å²) in [5, 5.41) is 7.57. The number of nitrogens with zero attached hydrogens (tertiary/aromatic N) is 4. The fraction of sp³-hybridized carbons (Fsp3) is 0.333. The lowest BCUT2D eigenvalue weighted by Crippen LogP contribution is -2.40. The Hall–Kier alpha value is -4.86. The first-order valence-corrected chi connectivity index (χ1v) is 14.3. The normalized spacial score (nSPS) is 12.8. The maximum atomic E-state index is 12.7. The monoisotopic (exact) mass is 581 g/mol. The maximum absolute atomic E-state index is 12.7. The molecule has 0 radical (unpaired) electrons. The minimum absolute atomic E-state index is 0.0818. The number of nitrogens with one attached hydrogen (secondary N) is 2. The van der Waals surface area contributed by atoms with Gasteiger partial charge in [-0.15, -0.1) is 0 Å². The van der Waals surface area contributed by atoms with Crippen LogP contribution in [0.25, 0.3) is 21.9 Å². The summed E-state index contributed by atoms with van der Waals surface area (Å²) in [6, 6.07) is 17.7. The molecule has 0 aliphatic heterocycles. The van der Waals surface area contributed by atoms with Gasteiger partial charge in [0.1, 0.15) is 18.5 Å². The fourth-order valence-corrected chi connectivity index (χ4v) is 5.23. The summed E-state index contributed by atoms with van der Waals surface area (Å²) in [6.45, 7) is 12.9. The molecule has 0 saturated carbocycles. The van der Waals surface area contributed by atoms with Crippen molar-refractivity contribution in [3.63, 3.8) is 0 Å². The van der Waals surface area contributed by atoms with E-state index in [0.29, 0.717) is 17.9 Å². The van der Waals surface area contributed by atoms with Crippen LogP contribution >= 0.6 is 0 Å². The Morgan fingerprint density at radius 1 is 0.977 bits per heavy atom. The highest BCUT2D eigenvalue weighted by Gasteiger charge is 2.29. The molecular weight excluding hydrogens is 542 g/mol. The molecule has 0 fully saturated rings. The molecule has 2 amide bonds. The average Bonchev–Trinajstić information content (AvgIpc) is 3.52. The van der Waals surface area contributed by atoms with E-state index >= 15 is 0 Å². The van der Waals surface area contributed by atoms with Gasteiger partial charge in [0.2, 0.25) is 0 Å². The van der Waals surface area contributed by atoms with E-state index in [0.717, 1.165) is 33.2 Å². The maximum Gasteiger partial charge on any atom is 0.404 e. The van der Waals surface area contributed by atoms with Crippen molar-refractivity contribution in [2.75, 3.05) is 11.9 Å². The standard InChI is InChI=1S/C33H39N7O3/c1-32(2,3)27(19-43-31(34)42)40-15-13-25-28(40)29(36-20-35-25)37-24-10-11-26-22(17-24)12-14-39(26)18-21-8-7-9-23(16-21)30(41)38-33(4,5)6/h7-17,20,27H,18-19H2,1-6H3,(H2,34,42)(H,38,41)(H,35,36,37). The third-order valence-corrected chi connectivity index (χ3v) is 7.29. The predicted octanol–water partition coefficient (Wildman–Crippen LogP) is 6.39. The van der Waals surface area contributed by atoms with Crippen LogP contribution in [0.15, 0.2) is 73.3 Å². The van der Waals surface area contributed by atoms with Gasteiger partial charge in [-0.25, -0.2) is 14.8 Å². The molecule has 10 heteroatoms. The van der Waals surface area contributed by atoms with Crippen LogP contribution in [0.2, 0.25) is 0 Å². The predicted molar refractivity (Wildman–Crippen MR) is 170 cm³/mol. The number of carbonyl (C=O) groups is 2. The first-order valence-electron chi connectivity index (χ1n) is 14.3. The number of rotatable bonds is 8. The molecule has 10 nitrogen and oxygen atoms in total. The Kier molecular flexibility index (Phi) is 7.88. The Balaban J connectivity index is 1.40. The number of aromatic nitrogens is 4. The van der Waals surface area contributed by atoms with Crippen molar-refractivity contribution in [3.05, 3.63) is 84.4 Å². The lowest BCUT2D eigenvalue weighted by Gasteiger charge is -2.32. The number of nitrogens with two attached hydrogens (primary N) is 1. The second-order valence-corrected chi connectivity index (χ2v) is 12.9. The lowest BCUT2D eigenvalue weighted by molar-refractivity contribution is 0.0918. The van der Waals surface area contributed by atoms with Crippen LogP contribution in [0.5, 0.6) is 0 Å². The van der Waals surface area contributed by atoms with E-state index in [4.69, 9.17) is 10.5 Å². The van der Waals surface area contributed by atoms with Crippen LogP contribution in [0.3, 0.4) is 0 Å². The Morgan fingerprint density at radius 3 is 2.49 bits per heavy atom. The summed E-state index contributed by atoms with van der Waals surface area (Å²) in [7, 11) is 0. The molecule has 0 spiro atoms. The Bertz CT molecular complexity index is 1790. The van der Waals surface area contributed by atoms with Crippen molar-refractivity contribution in [2.24, 2.45) is 11.1 Å². The van der Waals surface area contributed by atoms with Crippen molar-refractivity contribution in [3.8, 4) is 0 Å². The van der Waals surface area contributed by atoms with Gasteiger partial charge in [-0.2, -0.15) is 0 Å². The van der Waals surface area contributed by atoms with Crippen molar-refractivity contribution in [2.45, 2.75) is 59.7 Å². The minimum Gasteiger partial charge on any atom is -0.447 e. The molecule has 3 heterocycles. The first-order chi connectivity index (χ1) is 20.3. The molecule has 2 aromatic carbocycles. The summed E-state index contributed by atoms with van der Waals surface area (Å²) in [5.74, 6) is 0.564. The van der Waals surface area contributed by atoms with Crippen molar-refractivity contribution in [1.82, 2.24) is 24.4 Å². The third-order valence-electron chi connectivity index (χ3n) is 7.29. The van der Waals surface area contributed by atoms with E-state index in [-0.39, 0.29) is 29.5 Å². The minimum atomic E-state index is -0.806. The zero-order chi connectivity index (χ0) is 30.9. The van der Waals surface area contributed by atoms with Gasteiger partial charge in [0.15, 0.2) is 5.82 Å². The number of fused-ring (bicyclic) bond motifs is 2. The van der Waals surface area contributed by atoms with Gasteiger partial charge in [0.05, 0.1) is 11.6 Å². The van der Waals surface area contributed by atoms with E-state index in [1.807, 2.05) is 67.9 Å². The SMILES string of the molecule is CC(C)(C)NC(=O)c1cccc(Cn2ccc3cc(Nc4ncnc5ccn(C(COC(N)=O)C(C)(C)C)c45)ccc32)c1. The summed E-state index contributed by atoms with van der Waals surface area (Å²) in [5.41, 5.74) is 9.96. The molecule has 0 bridgehead atoms. The van der Waals surface area contributed by atoms with Gasteiger partial charge in [-0.05, 0) is 74.2 Å². The highest BCUT2D eigenvalue weighted by molar-refractivity contribution is 5.95. The van der Waals surface area contributed by atoms with Gasteiger partial charge in [-0.1, -0.05) is 32.9 Å². The highest BCUT2D eigenvalue weighted by Crippen LogP contribution is 2.36. The molecule has 1 unspecified atom stereocenters. The number of hydrogen-bond acceptors (Lipinski definition) is 6. The second kappa shape index (κ2) is 11.4. The molecule has 4 N–H and O–H groups in total. The smallest absolute Gasteiger partial charge is 0.404 e. The third kappa shape index (κ3) is 6.80. The molecule has 5 aromatic rings. The van der Waals surface area contributed by atoms with Crippen LogP contribution in [-0.2, 0) is 11.3 Å². The molecule has 1 atom stereocenters. The van der Waals surface area contributed by atoms with Gasteiger partial charge in [0, 0.05) is 46.6 Å². The quantitative estimate of drug-likeness (QED) is 0.195. The van der Waals surface area contributed by atoms with E-state index in [1.165, 1.54) is 6.33 Å². The first kappa shape index (κ1) is 29.6.